The molecule has 0 saturated carbocycles. The number of hydrogen-bond acceptors (Lipinski definition) is 6. The zero-order chi connectivity index (χ0) is 13.0. The van der Waals surface area contributed by atoms with Crippen LogP contribution in [0.2, 0.25) is 0 Å². The van der Waals surface area contributed by atoms with Gasteiger partial charge in [-0.25, -0.2) is 4.98 Å². The lowest BCUT2D eigenvalue weighted by atomic mass is 9.97. The first kappa shape index (κ1) is 12.8. The zero-order valence-electron chi connectivity index (χ0n) is 10.5. The highest BCUT2D eigenvalue weighted by atomic mass is 16.5. The zero-order valence-corrected chi connectivity index (χ0v) is 10.5. The molecule has 2 heterocycles. The predicted molar refractivity (Wildman–Crippen MR) is 66.5 cm³/mol. The minimum absolute atomic E-state index is 0.0451. The molecule has 1 aromatic rings. The largest absolute Gasteiger partial charge is 0.469 e. The third-order valence-electron chi connectivity index (χ3n) is 3.23. The number of carbonyl (C=O) groups is 1. The van der Waals surface area contributed by atoms with Crippen molar-refractivity contribution in [2.45, 2.75) is 19.4 Å². The third kappa shape index (κ3) is 3.16. The number of aromatic nitrogens is 2. The highest BCUT2D eigenvalue weighted by Gasteiger charge is 2.25. The minimum atomic E-state index is -0.0954. The number of hydrogen-bond donors (Lipinski definition) is 1. The Morgan fingerprint density at radius 2 is 2.17 bits per heavy atom. The standard InChI is InChI=1S/C12H18N4O2/c1-18-12(17)9-2-4-16(5-3-9)8-10-6-15-11(13)7-14-10/h6-7,9H,2-5,8H2,1H3,(H2,13,15). The van der Waals surface area contributed by atoms with E-state index in [1.54, 1.807) is 12.4 Å². The summed E-state index contributed by atoms with van der Waals surface area (Å²) in [6, 6.07) is 0. The number of rotatable bonds is 3. The maximum Gasteiger partial charge on any atom is 0.308 e. The van der Waals surface area contributed by atoms with Crippen LogP contribution in [0.25, 0.3) is 0 Å². The van der Waals surface area contributed by atoms with E-state index in [4.69, 9.17) is 10.5 Å². The Hall–Kier alpha value is -1.69. The monoisotopic (exact) mass is 250 g/mol. The number of methoxy groups -OCH3 is 1. The van der Waals surface area contributed by atoms with Crippen molar-refractivity contribution in [3.05, 3.63) is 18.1 Å². The molecule has 2 rings (SSSR count). The molecular formula is C12H18N4O2. The summed E-state index contributed by atoms with van der Waals surface area (Å²) in [5.74, 6) is 0.383. The van der Waals surface area contributed by atoms with Crippen molar-refractivity contribution in [3.8, 4) is 0 Å². The molecular weight excluding hydrogens is 232 g/mol. The maximum absolute atomic E-state index is 11.4. The normalized spacial score (nSPS) is 17.6. The van der Waals surface area contributed by atoms with E-state index < -0.39 is 0 Å². The lowest BCUT2D eigenvalue weighted by Crippen LogP contribution is -2.36. The average Bonchev–Trinajstić information content (AvgIpc) is 2.41. The molecule has 98 valence electrons. The van der Waals surface area contributed by atoms with Gasteiger partial charge in [0.1, 0.15) is 5.82 Å². The molecule has 0 radical (unpaired) electrons. The fourth-order valence-electron chi connectivity index (χ4n) is 2.17. The van der Waals surface area contributed by atoms with E-state index in [0.717, 1.165) is 38.2 Å². The molecule has 1 aromatic heterocycles. The van der Waals surface area contributed by atoms with Gasteiger partial charge in [0.25, 0.3) is 0 Å². The first-order valence-electron chi connectivity index (χ1n) is 6.05. The Bertz CT molecular complexity index is 399. The molecule has 1 fully saturated rings. The first-order chi connectivity index (χ1) is 8.69. The third-order valence-corrected chi connectivity index (χ3v) is 3.23. The highest BCUT2D eigenvalue weighted by molar-refractivity contribution is 5.72. The van der Waals surface area contributed by atoms with Crippen molar-refractivity contribution in [2.75, 3.05) is 25.9 Å². The van der Waals surface area contributed by atoms with Crippen LogP contribution in [0.5, 0.6) is 0 Å². The molecule has 2 N–H and O–H groups in total. The molecule has 1 aliphatic rings. The van der Waals surface area contributed by atoms with Crippen LogP contribution in [0.15, 0.2) is 12.4 Å². The van der Waals surface area contributed by atoms with Crippen LogP contribution in [0.4, 0.5) is 5.82 Å². The van der Waals surface area contributed by atoms with Crippen LogP contribution >= 0.6 is 0 Å². The quantitative estimate of drug-likeness (QED) is 0.784. The van der Waals surface area contributed by atoms with Crippen LogP contribution in [-0.2, 0) is 16.1 Å². The van der Waals surface area contributed by atoms with Crippen LogP contribution in [-0.4, -0.2) is 41.0 Å². The number of likely N-dealkylation sites (tertiary alicyclic amines) is 1. The van der Waals surface area contributed by atoms with Crippen LogP contribution in [0.1, 0.15) is 18.5 Å². The first-order valence-corrected chi connectivity index (χ1v) is 6.05. The van der Waals surface area contributed by atoms with E-state index in [2.05, 4.69) is 14.9 Å². The van der Waals surface area contributed by atoms with E-state index in [-0.39, 0.29) is 11.9 Å². The smallest absolute Gasteiger partial charge is 0.308 e. The van der Waals surface area contributed by atoms with E-state index in [9.17, 15) is 4.79 Å². The topological polar surface area (TPSA) is 81.3 Å². The van der Waals surface area contributed by atoms with Crippen LogP contribution in [0.3, 0.4) is 0 Å². The molecule has 1 aliphatic heterocycles. The van der Waals surface area contributed by atoms with Crippen molar-refractivity contribution in [1.29, 1.82) is 0 Å². The Balaban J connectivity index is 1.83. The molecule has 0 amide bonds. The number of anilines is 1. The molecule has 0 bridgehead atoms. The van der Waals surface area contributed by atoms with E-state index >= 15 is 0 Å². The number of nitrogens with two attached hydrogens (primary N) is 1. The van der Waals surface area contributed by atoms with Gasteiger partial charge < -0.3 is 10.5 Å². The second-order valence-electron chi connectivity index (χ2n) is 4.51. The summed E-state index contributed by atoms with van der Waals surface area (Å²) in [4.78, 5) is 21.9. The van der Waals surface area contributed by atoms with Crippen LogP contribution in [0, 0.1) is 5.92 Å². The van der Waals surface area contributed by atoms with Gasteiger partial charge in [-0.05, 0) is 25.9 Å². The summed E-state index contributed by atoms with van der Waals surface area (Å²) < 4.78 is 4.76. The lowest BCUT2D eigenvalue weighted by molar-refractivity contribution is -0.147. The molecule has 1 saturated heterocycles. The fraction of sp³-hybridized carbons (Fsp3) is 0.583. The predicted octanol–water partition coefficient (Wildman–Crippen LogP) is 0.444. The second-order valence-corrected chi connectivity index (χ2v) is 4.51. The number of piperidine rings is 1. The van der Waals surface area contributed by atoms with Gasteiger partial charge >= 0.3 is 5.97 Å². The van der Waals surface area contributed by atoms with Crippen molar-refractivity contribution >= 4 is 11.8 Å². The lowest BCUT2D eigenvalue weighted by Gasteiger charge is -2.30. The number of esters is 1. The van der Waals surface area contributed by atoms with E-state index in [1.807, 2.05) is 0 Å². The van der Waals surface area contributed by atoms with Gasteiger partial charge in [-0.3, -0.25) is 14.7 Å². The number of nitrogens with zero attached hydrogens (tertiary/aromatic N) is 3. The van der Waals surface area contributed by atoms with Gasteiger partial charge in [0.2, 0.25) is 0 Å². The molecule has 6 nitrogen and oxygen atoms in total. The summed E-state index contributed by atoms with van der Waals surface area (Å²) in [7, 11) is 1.44. The molecule has 18 heavy (non-hydrogen) atoms. The molecule has 0 spiro atoms. The SMILES string of the molecule is COC(=O)C1CCN(Cc2cnc(N)cn2)CC1. The number of nitrogen functional groups attached to an aromatic ring is 1. The second kappa shape index (κ2) is 5.77. The molecule has 0 aromatic carbocycles. The summed E-state index contributed by atoms with van der Waals surface area (Å²) >= 11 is 0. The molecule has 0 unspecified atom stereocenters. The maximum atomic E-state index is 11.4. The Morgan fingerprint density at radius 3 is 2.72 bits per heavy atom. The van der Waals surface area contributed by atoms with Gasteiger partial charge in [0, 0.05) is 6.54 Å². The summed E-state index contributed by atoms with van der Waals surface area (Å²) in [6.45, 7) is 2.51. The highest BCUT2D eigenvalue weighted by Crippen LogP contribution is 2.19. The van der Waals surface area contributed by atoms with Crippen molar-refractivity contribution < 1.29 is 9.53 Å². The number of carbonyl (C=O) groups excluding carboxylic acids is 1. The number of ether oxygens (including phenoxy) is 1. The summed E-state index contributed by atoms with van der Waals surface area (Å²) in [5, 5.41) is 0. The minimum Gasteiger partial charge on any atom is -0.469 e. The van der Waals surface area contributed by atoms with Gasteiger partial charge in [-0.2, -0.15) is 0 Å². The van der Waals surface area contributed by atoms with Gasteiger partial charge in [-0.15, -0.1) is 0 Å². The molecule has 6 heteroatoms. The van der Waals surface area contributed by atoms with Gasteiger partial charge in [0.15, 0.2) is 0 Å². The molecule has 0 atom stereocenters. The van der Waals surface area contributed by atoms with E-state index in [0.29, 0.717) is 5.82 Å². The Morgan fingerprint density at radius 1 is 1.44 bits per heavy atom. The van der Waals surface area contributed by atoms with E-state index in [1.165, 1.54) is 7.11 Å². The fourth-order valence-corrected chi connectivity index (χ4v) is 2.17. The van der Waals surface area contributed by atoms with Crippen molar-refractivity contribution in [3.63, 3.8) is 0 Å². The van der Waals surface area contributed by atoms with Gasteiger partial charge in [0.05, 0.1) is 31.1 Å². The Kier molecular flexibility index (Phi) is 4.09. The molecule has 0 aliphatic carbocycles. The van der Waals surface area contributed by atoms with Crippen molar-refractivity contribution in [2.24, 2.45) is 5.92 Å². The summed E-state index contributed by atoms with van der Waals surface area (Å²) in [6.07, 6.45) is 4.95. The van der Waals surface area contributed by atoms with Crippen LogP contribution < -0.4 is 5.73 Å². The van der Waals surface area contributed by atoms with Crippen molar-refractivity contribution in [1.82, 2.24) is 14.9 Å². The Labute approximate surface area is 106 Å². The summed E-state index contributed by atoms with van der Waals surface area (Å²) in [5.41, 5.74) is 6.39. The average molecular weight is 250 g/mol. The van der Waals surface area contributed by atoms with Gasteiger partial charge in [-0.1, -0.05) is 0 Å².